The van der Waals surface area contributed by atoms with Crippen molar-refractivity contribution in [1.29, 1.82) is 0 Å². The first-order valence-electron chi connectivity index (χ1n) is 4.92. The summed E-state index contributed by atoms with van der Waals surface area (Å²) >= 11 is 0. The van der Waals surface area contributed by atoms with Gasteiger partial charge in [0.1, 0.15) is 0 Å². The van der Waals surface area contributed by atoms with Crippen LogP contribution in [0.4, 0.5) is 0 Å². The third-order valence-electron chi connectivity index (χ3n) is 1.88. The molecule has 1 N–H and O–H groups in total. The molecule has 0 saturated heterocycles. The van der Waals surface area contributed by atoms with E-state index in [0.29, 0.717) is 18.1 Å². The van der Waals surface area contributed by atoms with Crippen molar-refractivity contribution in [2.45, 2.75) is 46.8 Å². The van der Waals surface area contributed by atoms with E-state index in [0.717, 1.165) is 13.2 Å². The monoisotopic (exact) mass is 173 g/mol. The Labute approximate surface area is 76.7 Å². The molecule has 74 valence electrons. The molecule has 0 aliphatic rings. The Morgan fingerprint density at radius 3 is 2.08 bits per heavy atom. The Kier molecular flexibility index (Phi) is 6.39. The summed E-state index contributed by atoms with van der Waals surface area (Å²) in [5.41, 5.74) is 0. The minimum atomic E-state index is 0.338. The molecule has 12 heavy (non-hydrogen) atoms. The van der Waals surface area contributed by atoms with E-state index in [2.05, 4.69) is 39.9 Å². The van der Waals surface area contributed by atoms with Crippen LogP contribution >= 0.6 is 0 Å². The highest BCUT2D eigenvalue weighted by molar-refractivity contribution is 4.68. The average Bonchev–Trinajstić information content (AvgIpc) is 1.96. The van der Waals surface area contributed by atoms with E-state index in [1.54, 1.807) is 0 Å². The predicted octanol–water partition coefficient (Wildman–Crippen LogP) is 2.05. The molecule has 0 saturated carbocycles. The van der Waals surface area contributed by atoms with Crippen LogP contribution < -0.4 is 5.32 Å². The minimum Gasteiger partial charge on any atom is -0.377 e. The first-order valence-corrected chi connectivity index (χ1v) is 4.92. The highest BCUT2D eigenvalue weighted by Crippen LogP contribution is 2.03. The molecule has 0 aliphatic heterocycles. The topological polar surface area (TPSA) is 21.3 Å². The molecule has 0 aromatic rings. The number of rotatable bonds is 6. The fourth-order valence-corrected chi connectivity index (χ4v) is 1.05. The summed E-state index contributed by atoms with van der Waals surface area (Å²) in [6.07, 6.45) is 0.338. The molecule has 0 spiro atoms. The van der Waals surface area contributed by atoms with Crippen LogP contribution in [0, 0.1) is 5.92 Å². The van der Waals surface area contributed by atoms with E-state index in [9.17, 15) is 0 Å². The SMILES string of the molecule is CCNC(COC(C)C)C(C)C. The Balaban J connectivity index is 3.63. The highest BCUT2D eigenvalue weighted by atomic mass is 16.5. The lowest BCUT2D eigenvalue weighted by Gasteiger charge is -2.22. The lowest BCUT2D eigenvalue weighted by Crippen LogP contribution is -2.38. The van der Waals surface area contributed by atoms with E-state index >= 15 is 0 Å². The van der Waals surface area contributed by atoms with Gasteiger partial charge >= 0.3 is 0 Å². The molecule has 0 aliphatic carbocycles. The normalized spacial score (nSPS) is 14.2. The van der Waals surface area contributed by atoms with Crippen molar-refractivity contribution >= 4 is 0 Å². The first-order chi connectivity index (χ1) is 5.57. The molecule has 0 heterocycles. The van der Waals surface area contributed by atoms with Crippen LogP contribution in [0.5, 0.6) is 0 Å². The summed E-state index contributed by atoms with van der Waals surface area (Å²) in [7, 11) is 0. The zero-order valence-electron chi connectivity index (χ0n) is 9.05. The average molecular weight is 173 g/mol. The van der Waals surface area contributed by atoms with Crippen molar-refractivity contribution < 1.29 is 4.74 Å². The number of hydrogen-bond donors (Lipinski definition) is 1. The van der Waals surface area contributed by atoms with E-state index in [1.807, 2.05) is 0 Å². The standard InChI is InChI=1S/C10H23NO/c1-6-11-10(8(2)3)7-12-9(4)5/h8-11H,6-7H2,1-5H3. The van der Waals surface area contributed by atoms with Gasteiger partial charge in [0.15, 0.2) is 0 Å². The molecular weight excluding hydrogens is 150 g/mol. The summed E-state index contributed by atoms with van der Waals surface area (Å²) in [6, 6.07) is 0.498. The van der Waals surface area contributed by atoms with Crippen LogP contribution in [-0.4, -0.2) is 25.3 Å². The van der Waals surface area contributed by atoms with Crippen LogP contribution in [0.2, 0.25) is 0 Å². The number of likely N-dealkylation sites (N-methyl/N-ethyl adjacent to an activating group) is 1. The maximum atomic E-state index is 5.56. The Hall–Kier alpha value is -0.0800. The quantitative estimate of drug-likeness (QED) is 0.663. The van der Waals surface area contributed by atoms with Gasteiger partial charge < -0.3 is 10.1 Å². The van der Waals surface area contributed by atoms with Gasteiger partial charge in [0.25, 0.3) is 0 Å². The molecule has 2 heteroatoms. The first kappa shape index (κ1) is 11.9. The van der Waals surface area contributed by atoms with E-state index in [-0.39, 0.29) is 0 Å². The molecule has 2 nitrogen and oxygen atoms in total. The maximum absolute atomic E-state index is 5.56. The zero-order chi connectivity index (χ0) is 9.56. The minimum absolute atomic E-state index is 0.338. The van der Waals surface area contributed by atoms with Crippen LogP contribution in [0.25, 0.3) is 0 Å². The smallest absolute Gasteiger partial charge is 0.0625 e. The number of ether oxygens (including phenoxy) is 1. The van der Waals surface area contributed by atoms with E-state index in [4.69, 9.17) is 4.74 Å². The molecule has 0 aromatic heterocycles. The maximum Gasteiger partial charge on any atom is 0.0625 e. The lowest BCUT2D eigenvalue weighted by molar-refractivity contribution is 0.0522. The van der Waals surface area contributed by atoms with Gasteiger partial charge in [-0.15, -0.1) is 0 Å². The van der Waals surface area contributed by atoms with Crippen LogP contribution in [-0.2, 0) is 4.74 Å². The third-order valence-corrected chi connectivity index (χ3v) is 1.88. The summed E-state index contributed by atoms with van der Waals surface area (Å²) in [5.74, 6) is 0.642. The van der Waals surface area contributed by atoms with Gasteiger partial charge in [-0.1, -0.05) is 20.8 Å². The molecule has 0 fully saturated rings. The van der Waals surface area contributed by atoms with Gasteiger partial charge in [0.2, 0.25) is 0 Å². The fourth-order valence-electron chi connectivity index (χ4n) is 1.05. The molecule has 0 amide bonds. The molecule has 0 rings (SSSR count). The van der Waals surface area contributed by atoms with Crippen LogP contribution in [0.15, 0.2) is 0 Å². The molecule has 1 unspecified atom stereocenters. The van der Waals surface area contributed by atoms with Crippen LogP contribution in [0.1, 0.15) is 34.6 Å². The van der Waals surface area contributed by atoms with Crippen molar-refractivity contribution in [3.63, 3.8) is 0 Å². The van der Waals surface area contributed by atoms with Crippen molar-refractivity contribution in [1.82, 2.24) is 5.32 Å². The van der Waals surface area contributed by atoms with E-state index < -0.39 is 0 Å². The molecule has 0 radical (unpaired) electrons. The lowest BCUT2D eigenvalue weighted by atomic mass is 10.1. The second-order valence-corrected chi connectivity index (χ2v) is 3.79. The Morgan fingerprint density at radius 1 is 1.17 bits per heavy atom. The van der Waals surface area contributed by atoms with Crippen molar-refractivity contribution in [3.8, 4) is 0 Å². The molecule has 0 aromatic carbocycles. The van der Waals surface area contributed by atoms with Crippen molar-refractivity contribution in [2.75, 3.05) is 13.2 Å². The number of hydrogen-bond acceptors (Lipinski definition) is 2. The molecular formula is C10H23NO. The summed E-state index contributed by atoms with van der Waals surface area (Å²) in [5, 5.41) is 3.41. The third kappa shape index (κ3) is 5.56. The summed E-state index contributed by atoms with van der Waals surface area (Å²) in [6.45, 7) is 12.6. The number of nitrogens with one attached hydrogen (secondary N) is 1. The predicted molar refractivity (Wildman–Crippen MR) is 53.4 cm³/mol. The largest absolute Gasteiger partial charge is 0.377 e. The van der Waals surface area contributed by atoms with Gasteiger partial charge in [0.05, 0.1) is 12.7 Å². The van der Waals surface area contributed by atoms with Gasteiger partial charge in [-0.3, -0.25) is 0 Å². The van der Waals surface area contributed by atoms with Gasteiger partial charge in [0, 0.05) is 6.04 Å². The van der Waals surface area contributed by atoms with Gasteiger partial charge in [-0.2, -0.15) is 0 Å². The molecule has 1 atom stereocenters. The second-order valence-electron chi connectivity index (χ2n) is 3.79. The molecule has 0 bridgehead atoms. The van der Waals surface area contributed by atoms with Crippen LogP contribution in [0.3, 0.4) is 0 Å². The Morgan fingerprint density at radius 2 is 1.75 bits per heavy atom. The summed E-state index contributed by atoms with van der Waals surface area (Å²) in [4.78, 5) is 0. The zero-order valence-corrected chi connectivity index (χ0v) is 9.05. The van der Waals surface area contributed by atoms with Crippen molar-refractivity contribution in [2.24, 2.45) is 5.92 Å². The Bertz CT molecular complexity index is 102. The summed E-state index contributed by atoms with van der Waals surface area (Å²) < 4.78 is 5.56. The fraction of sp³-hybridized carbons (Fsp3) is 1.00. The van der Waals surface area contributed by atoms with Crippen molar-refractivity contribution in [3.05, 3.63) is 0 Å². The second kappa shape index (κ2) is 6.44. The highest BCUT2D eigenvalue weighted by Gasteiger charge is 2.12. The van der Waals surface area contributed by atoms with E-state index in [1.165, 1.54) is 0 Å². The van der Waals surface area contributed by atoms with Gasteiger partial charge in [-0.05, 0) is 26.3 Å². The van der Waals surface area contributed by atoms with Gasteiger partial charge in [-0.25, -0.2) is 0 Å².